The lowest BCUT2D eigenvalue weighted by molar-refractivity contribution is -0.161. The van der Waals surface area contributed by atoms with E-state index in [1.807, 2.05) is 37.3 Å². The van der Waals surface area contributed by atoms with Gasteiger partial charge in [-0.1, -0.05) is 146 Å². The zero-order chi connectivity index (χ0) is 40.1. The molecule has 0 heterocycles. The maximum Gasteiger partial charge on any atom is 0.472 e. The van der Waals surface area contributed by atoms with Gasteiger partial charge in [0.15, 0.2) is 6.10 Å². The first kappa shape index (κ1) is 51.6. The summed E-state index contributed by atoms with van der Waals surface area (Å²) in [6.45, 7) is 4.25. The number of ether oxygens (including phenoxy) is 2. The van der Waals surface area contributed by atoms with Crippen molar-refractivity contribution in [3.05, 3.63) is 60.8 Å². The normalized spacial score (nSPS) is 15.3. The number of phosphoric acid groups is 1. The smallest absolute Gasteiger partial charge is 0.462 e. The molecule has 0 aliphatic carbocycles. The molecule has 11 nitrogen and oxygen atoms in total. The van der Waals surface area contributed by atoms with Crippen LogP contribution in [-0.4, -0.2) is 76.9 Å². The van der Waals surface area contributed by atoms with Crippen molar-refractivity contribution < 1.29 is 52.9 Å². The molecule has 0 amide bonds. The molecular formula is C42H73O11P. The molecule has 0 bridgehead atoms. The molecule has 312 valence electrons. The Bertz CT molecular complexity index is 1120. The summed E-state index contributed by atoms with van der Waals surface area (Å²) in [7, 11) is -4.64. The van der Waals surface area contributed by atoms with Crippen LogP contribution in [0.15, 0.2) is 60.8 Å². The lowest BCUT2D eigenvalue weighted by Gasteiger charge is -2.20. The first-order chi connectivity index (χ1) is 26.0. The lowest BCUT2D eigenvalue weighted by Crippen LogP contribution is -2.29. The van der Waals surface area contributed by atoms with Crippen molar-refractivity contribution in [1.29, 1.82) is 0 Å². The van der Waals surface area contributed by atoms with E-state index in [4.69, 9.17) is 19.1 Å². The van der Waals surface area contributed by atoms with Crippen LogP contribution in [0.4, 0.5) is 0 Å². The second-order valence-electron chi connectivity index (χ2n) is 14.0. The molecular weight excluding hydrogens is 711 g/mol. The van der Waals surface area contributed by atoms with Gasteiger partial charge in [-0.2, -0.15) is 0 Å². The van der Waals surface area contributed by atoms with E-state index in [0.717, 1.165) is 44.4 Å². The minimum absolute atomic E-state index is 0.0902. The van der Waals surface area contributed by atoms with Gasteiger partial charge < -0.3 is 29.7 Å². The lowest BCUT2D eigenvalue weighted by atomic mass is 10.0. The van der Waals surface area contributed by atoms with Gasteiger partial charge in [0.05, 0.1) is 25.9 Å². The number of allylic oxidation sites excluding steroid dienone is 9. The van der Waals surface area contributed by atoms with Gasteiger partial charge in [0.25, 0.3) is 0 Å². The van der Waals surface area contributed by atoms with E-state index < -0.39 is 57.9 Å². The Morgan fingerprint density at radius 3 is 1.80 bits per heavy atom. The van der Waals surface area contributed by atoms with Gasteiger partial charge in [-0.25, -0.2) is 4.57 Å². The minimum atomic E-state index is -4.64. The molecule has 0 spiro atoms. The number of carbonyl (C=O) groups excluding carboxylic acids is 2. The third-order valence-corrected chi connectivity index (χ3v) is 9.22. The Hall–Kier alpha value is -2.37. The number of rotatable bonds is 36. The number of hydrogen-bond acceptors (Lipinski definition) is 10. The topological polar surface area (TPSA) is 169 Å². The summed E-state index contributed by atoms with van der Waals surface area (Å²) in [5, 5.41) is 27.8. The van der Waals surface area contributed by atoms with E-state index in [0.29, 0.717) is 25.7 Å². The summed E-state index contributed by atoms with van der Waals surface area (Å²) in [5.41, 5.74) is 0. The summed E-state index contributed by atoms with van der Waals surface area (Å²) < 4.78 is 32.6. The predicted molar refractivity (Wildman–Crippen MR) is 216 cm³/mol. The maximum absolute atomic E-state index is 12.6. The number of aliphatic hydroxyl groups is 3. The zero-order valence-corrected chi connectivity index (χ0v) is 34.3. The maximum atomic E-state index is 12.6. The largest absolute Gasteiger partial charge is 0.472 e. The van der Waals surface area contributed by atoms with Crippen LogP contribution < -0.4 is 0 Å². The van der Waals surface area contributed by atoms with Crippen LogP contribution in [0, 0.1) is 5.92 Å². The monoisotopic (exact) mass is 784 g/mol. The van der Waals surface area contributed by atoms with Gasteiger partial charge in [-0.05, 0) is 50.9 Å². The third-order valence-electron chi connectivity index (χ3n) is 8.27. The average molecular weight is 785 g/mol. The van der Waals surface area contributed by atoms with Crippen LogP contribution >= 0.6 is 7.82 Å². The van der Waals surface area contributed by atoms with Crippen molar-refractivity contribution in [2.24, 2.45) is 5.92 Å². The van der Waals surface area contributed by atoms with Crippen LogP contribution in [0.25, 0.3) is 0 Å². The van der Waals surface area contributed by atoms with E-state index in [1.54, 1.807) is 6.08 Å². The van der Waals surface area contributed by atoms with Gasteiger partial charge in [0, 0.05) is 12.8 Å². The van der Waals surface area contributed by atoms with Gasteiger partial charge in [0.2, 0.25) is 0 Å². The molecule has 0 aromatic rings. The highest BCUT2D eigenvalue weighted by atomic mass is 31.2. The standard InChI is InChI=1S/C42H73O11P/c1-4-38(44)30-26-22-18-14-9-7-5-6-8-10-16-20-24-28-32-42(47)53-40(36-52-54(48,49)51-34-39(45)33-43)35-50-41(46)31-27-23-19-15-12-11-13-17-21-25-29-37(2)3/h6-9,16,18,20,22,26,30,37-40,43-45H,4-5,10-15,17,19,21,23-25,27-29,31-36H2,1-3H3,(H,48,49)/b8-6-,9-7-,20-16-,22-18-,30-26+/t38-,39+,40-/m1/s1. The fourth-order valence-electron chi connectivity index (χ4n) is 4.99. The third kappa shape index (κ3) is 36.6. The van der Waals surface area contributed by atoms with Gasteiger partial charge in [0.1, 0.15) is 12.7 Å². The van der Waals surface area contributed by atoms with Crippen molar-refractivity contribution >= 4 is 19.8 Å². The summed E-state index contributed by atoms with van der Waals surface area (Å²) >= 11 is 0. The summed E-state index contributed by atoms with van der Waals surface area (Å²) in [6.07, 6.45) is 34.4. The van der Waals surface area contributed by atoms with E-state index in [-0.39, 0.29) is 19.4 Å². The Labute approximate surface area is 326 Å². The van der Waals surface area contributed by atoms with Crippen LogP contribution in [0.5, 0.6) is 0 Å². The first-order valence-electron chi connectivity index (χ1n) is 20.2. The molecule has 0 aliphatic rings. The number of phosphoric ester groups is 1. The highest BCUT2D eigenvalue weighted by Crippen LogP contribution is 2.43. The molecule has 0 aliphatic heterocycles. The van der Waals surface area contributed by atoms with Crippen molar-refractivity contribution in [2.45, 2.75) is 161 Å². The number of esters is 2. The molecule has 1 unspecified atom stereocenters. The highest BCUT2D eigenvalue weighted by molar-refractivity contribution is 7.47. The zero-order valence-electron chi connectivity index (χ0n) is 33.4. The number of unbranched alkanes of at least 4 members (excludes halogenated alkanes) is 10. The molecule has 0 rings (SSSR count). The molecule has 0 aromatic carbocycles. The number of carbonyl (C=O) groups is 2. The van der Waals surface area contributed by atoms with E-state index in [9.17, 15) is 29.3 Å². The van der Waals surface area contributed by atoms with Crippen LogP contribution in [-0.2, 0) is 32.7 Å². The Kier molecular flexibility index (Phi) is 34.7. The van der Waals surface area contributed by atoms with Crippen molar-refractivity contribution in [1.82, 2.24) is 0 Å². The van der Waals surface area contributed by atoms with E-state index >= 15 is 0 Å². The molecule has 0 radical (unpaired) electrons. The minimum Gasteiger partial charge on any atom is -0.462 e. The Morgan fingerprint density at radius 2 is 1.20 bits per heavy atom. The van der Waals surface area contributed by atoms with Gasteiger partial charge in [-0.15, -0.1) is 0 Å². The van der Waals surface area contributed by atoms with Crippen molar-refractivity contribution in [3.8, 4) is 0 Å². The molecule has 0 fully saturated rings. The summed E-state index contributed by atoms with van der Waals surface area (Å²) in [5.74, 6) is -0.235. The Balaban J connectivity index is 4.47. The quantitative estimate of drug-likeness (QED) is 0.0157. The average Bonchev–Trinajstić information content (AvgIpc) is 3.14. The second kappa shape index (κ2) is 36.3. The summed E-state index contributed by atoms with van der Waals surface area (Å²) in [6, 6.07) is 0. The SMILES string of the molecule is CC[C@@H](O)/C=C/C=C\C/C=C\C/C=C\C/C=C\CCCC(=O)O[C@H](COC(=O)CCCCCCCCCCCCC(C)C)COP(=O)(O)OC[C@@H](O)CO. The molecule has 0 saturated heterocycles. The van der Waals surface area contributed by atoms with E-state index in [2.05, 4.69) is 42.7 Å². The molecule has 12 heteroatoms. The molecule has 4 N–H and O–H groups in total. The second-order valence-corrected chi connectivity index (χ2v) is 15.4. The number of aliphatic hydroxyl groups excluding tert-OH is 3. The van der Waals surface area contributed by atoms with E-state index in [1.165, 1.54) is 44.9 Å². The van der Waals surface area contributed by atoms with Crippen LogP contribution in [0.3, 0.4) is 0 Å². The van der Waals surface area contributed by atoms with Gasteiger partial charge >= 0.3 is 19.8 Å². The molecule has 0 saturated carbocycles. The summed E-state index contributed by atoms with van der Waals surface area (Å²) in [4.78, 5) is 34.9. The first-order valence-corrected chi connectivity index (χ1v) is 21.7. The van der Waals surface area contributed by atoms with Crippen molar-refractivity contribution in [2.75, 3.05) is 26.4 Å². The van der Waals surface area contributed by atoms with Gasteiger partial charge in [-0.3, -0.25) is 18.6 Å². The fourth-order valence-corrected chi connectivity index (χ4v) is 5.78. The van der Waals surface area contributed by atoms with Crippen LogP contribution in [0.2, 0.25) is 0 Å². The fraction of sp³-hybridized carbons (Fsp3) is 0.714. The Morgan fingerprint density at radius 1 is 0.667 bits per heavy atom. The predicted octanol–water partition coefficient (Wildman–Crippen LogP) is 9.16. The molecule has 4 atom stereocenters. The number of hydrogen-bond donors (Lipinski definition) is 4. The molecule has 0 aromatic heterocycles. The highest BCUT2D eigenvalue weighted by Gasteiger charge is 2.27. The van der Waals surface area contributed by atoms with Crippen LogP contribution in [0.1, 0.15) is 143 Å². The van der Waals surface area contributed by atoms with Crippen molar-refractivity contribution in [3.63, 3.8) is 0 Å². The molecule has 54 heavy (non-hydrogen) atoms.